The summed E-state index contributed by atoms with van der Waals surface area (Å²) in [6.45, 7) is 3.93. The van der Waals surface area contributed by atoms with E-state index in [9.17, 15) is 26.4 Å². The minimum atomic E-state index is -5.68. The van der Waals surface area contributed by atoms with Crippen molar-refractivity contribution in [2.24, 2.45) is 0 Å². The molecule has 112 valence electrons. The number of carbonyl (C=O) groups excluding carboxylic acids is 1. The van der Waals surface area contributed by atoms with Gasteiger partial charge < -0.3 is 0 Å². The molecule has 0 aromatic heterocycles. The number of carbonyl (C=O) groups is 1. The molecule has 1 rings (SSSR count). The smallest absolute Gasteiger partial charge is 0.268 e. The number of hydrogen-bond acceptors (Lipinski definition) is 3. The highest BCUT2D eigenvalue weighted by Crippen LogP contribution is 2.22. The highest BCUT2D eigenvalue weighted by Gasteiger charge is 2.47. The topological polar surface area (TPSA) is 63.2 Å². The van der Waals surface area contributed by atoms with Crippen LogP contribution in [-0.2, 0) is 10.0 Å². The molecule has 0 saturated heterocycles. The summed E-state index contributed by atoms with van der Waals surface area (Å²) in [4.78, 5) is 11.5. The van der Waals surface area contributed by atoms with Crippen LogP contribution < -0.4 is 4.72 Å². The van der Waals surface area contributed by atoms with Crippen LogP contribution in [0.4, 0.5) is 13.2 Å². The van der Waals surface area contributed by atoms with Gasteiger partial charge in [-0.25, -0.2) is 4.72 Å². The lowest BCUT2D eigenvalue weighted by Crippen LogP contribution is -2.40. The maximum absolute atomic E-state index is 12.1. The van der Waals surface area contributed by atoms with E-state index in [2.05, 4.69) is 0 Å². The minimum Gasteiger partial charge on any atom is -0.268 e. The Balaban J connectivity index is 2.90. The summed E-state index contributed by atoms with van der Waals surface area (Å²) in [5, 5.41) is 0. The number of hydrogen-bond donors (Lipinski definition) is 1. The van der Waals surface area contributed by atoms with E-state index in [-0.39, 0.29) is 11.5 Å². The molecular weight excluding hydrogens is 295 g/mol. The normalized spacial score (nSPS) is 13.8. The first-order valence-corrected chi connectivity index (χ1v) is 7.30. The lowest BCUT2D eigenvalue weighted by atomic mass is 9.98. The minimum absolute atomic E-state index is 0.148. The molecule has 0 heterocycles. The maximum Gasteiger partial charge on any atom is 0.516 e. The molecule has 0 bridgehead atoms. The Labute approximate surface area is 115 Å². The third-order valence-electron chi connectivity index (χ3n) is 2.89. The summed E-state index contributed by atoms with van der Waals surface area (Å²) >= 11 is 0. The SMILES string of the molecule is CCC(C)c1ccc(C(=O)NS(=O)(=O)C(F)(F)F)cc1. The Morgan fingerprint density at radius 3 is 2.15 bits per heavy atom. The molecule has 1 N–H and O–H groups in total. The third-order valence-corrected chi connectivity index (χ3v) is 3.95. The van der Waals surface area contributed by atoms with Crippen molar-refractivity contribution in [3.05, 3.63) is 35.4 Å². The van der Waals surface area contributed by atoms with Gasteiger partial charge in [0.2, 0.25) is 0 Å². The first-order valence-electron chi connectivity index (χ1n) is 5.82. The van der Waals surface area contributed by atoms with Crippen molar-refractivity contribution in [3.8, 4) is 0 Å². The summed E-state index contributed by atoms with van der Waals surface area (Å²) in [7, 11) is -5.68. The van der Waals surface area contributed by atoms with Gasteiger partial charge in [-0.2, -0.15) is 21.6 Å². The molecule has 0 radical (unpaired) electrons. The molecule has 20 heavy (non-hydrogen) atoms. The van der Waals surface area contributed by atoms with Crippen LogP contribution in [0.3, 0.4) is 0 Å². The molecule has 0 aliphatic rings. The van der Waals surface area contributed by atoms with Crippen molar-refractivity contribution >= 4 is 15.9 Å². The summed E-state index contributed by atoms with van der Waals surface area (Å²) in [6.07, 6.45) is 0.869. The maximum atomic E-state index is 12.1. The molecule has 1 aromatic carbocycles. The van der Waals surface area contributed by atoms with Crippen LogP contribution in [0, 0.1) is 0 Å². The second-order valence-corrected chi connectivity index (χ2v) is 5.99. The standard InChI is InChI=1S/C12H14F3NO3S/c1-3-8(2)9-4-6-10(7-5-9)11(17)16-20(18,19)12(13,14)15/h4-8H,3H2,1-2H3,(H,16,17). The van der Waals surface area contributed by atoms with Crippen molar-refractivity contribution in [2.75, 3.05) is 0 Å². The highest BCUT2D eigenvalue weighted by molar-refractivity contribution is 7.90. The van der Waals surface area contributed by atoms with Gasteiger partial charge in [-0.15, -0.1) is 0 Å². The van der Waals surface area contributed by atoms with E-state index in [1.807, 2.05) is 13.8 Å². The van der Waals surface area contributed by atoms with E-state index in [1.165, 1.54) is 12.1 Å². The van der Waals surface area contributed by atoms with E-state index in [0.717, 1.165) is 16.7 Å². The Bertz CT molecular complexity index is 579. The van der Waals surface area contributed by atoms with Crippen molar-refractivity contribution < 1.29 is 26.4 Å². The van der Waals surface area contributed by atoms with E-state index >= 15 is 0 Å². The average molecular weight is 309 g/mol. The first-order chi connectivity index (χ1) is 9.08. The zero-order chi connectivity index (χ0) is 15.6. The summed E-state index contributed by atoms with van der Waals surface area (Å²) < 4.78 is 59.0. The van der Waals surface area contributed by atoms with Crippen LogP contribution in [0.2, 0.25) is 0 Å². The molecule has 1 atom stereocenters. The molecule has 0 saturated carbocycles. The van der Waals surface area contributed by atoms with Crippen molar-refractivity contribution in [1.82, 2.24) is 4.72 Å². The number of benzene rings is 1. The zero-order valence-electron chi connectivity index (χ0n) is 10.9. The van der Waals surface area contributed by atoms with Crippen molar-refractivity contribution in [1.29, 1.82) is 0 Å². The molecule has 0 fully saturated rings. The van der Waals surface area contributed by atoms with Gasteiger partial charge in [0.15, 0.2) is 0 Å². The third kappa shape index (κ3) is 3.72. The predicted octanol–water partition coefficient (Wildman–Crippen LogP) is 2.78. The molecule has 0 aliphatic carbocycles. The van der Waals surface area contributed by atoms with Crippen LogP contribution in [0.15, 0.2) is 24.3 Å². The predicted molar refractivity (Wildman–Crippen MR) is 67.6 cm³/mol. The second-order valence-electron chi connectivity index (χ2n) is 4.31. The summed E-state index contributed by atoms with van der Waals surface area (Å²) in [6, 6.07) is 5.76. The molecule has 1 amide bonds. The quantitative estimate of drug-likeness (QED) is 0.930. The molecular formula is C12H14F3NO3S. The number of rotatable bonds is 4. The molecule has 4 nitrogen and oxygen atoms in total. The average Bonchev–Trinajstić information content (AvgIpc) is 2.36. The monoisotopic (exact) mass is 309 g/mol. The summed E-state index contributed by atoms with van der Waals surface area (Å²) in [5.41, 5.74) is -4.74. The van der Waals surface area contributed by atoms with Crippen LogP contribution in [-0.4, -0.2) is 19.8 Å². The van der Waals surface area contributed by atoms with E-state index in [0.29, 0.717) is 0 Å². The van der Waals surface area contributed by atoms with Gasteiger partial charge in [-0.3, -0.25) is 4.79 Å². The molecule has 1 aromatic rings. The molecule has 0 aliphatic heterocycles. The largest absolute Gasteiger partial charge is 0.516 e. The lowest BCUT2D eigenvalue weighted by Gasteiger charge is -2.11. The van der Waals surface area contributed by atoms with E-state index < -0.39 is 21.4 Å². The van der Waals surface area contributed by atoms with Gasteiger partial charge in [-0.05, 0) is 30.0 Å². The van der Waals surface area contributed by atoms with Crippen LogP contribution >= 0.6 is 0 Å². The fourth-order valence-electron chi connectivity index (χ4n) is 1.44. The van der Waals surface area contributed by atoms with Gasteiger partial charge in [0, 0.05) is 5.56 Å². The molecule has 1 unspecified atom stereocenters. The Hall–Kier alpha value is -1.57. The number of nitrogens with one attached hydrogen (secondary N) is 1. The van der Waals surface area contributed by atoms with Gasteiger partial charge >= 0.3 is 15.5 Å². The second kappa shape index (κ2) is 5.82. The Kier molecular flexibility index (Phi) is 4.80. The Morgan fingerprint density at radius 1 is 1.25 bits per heavy atom. The fraction of sp³-hybridized carbons (Fsp3) is 0.417. The van der Waals surface area contributed by atoms with E-state index in [1.54, 1.807) is 12.1 Å². The van der Waals surface area contributed by atoms with E-state index in [4.69, 9.17) is 0 Å². The number of halogens is 3. The lowest BCUT2D eigenvalue weighted by molar-refractivity contribution is -0.0446. The number of sulfonamides is 1. The zero-order valence-corrected chi connectivity index (χ0v) is 11.7. The number of alkyl halides is 3. The van der Waals surface area contributed by atoms with Gasteiger partial charge in [0.05, 0.1) is 0 Å². The van der Waals surface area contributed by atoms with Gasteiger partial charge in [-0.1, -0.05) is 26.0 Å². The first kappa shape index (κ1) is 16.5. The highest BCUT2D eigenvalue weighted by atomic mass is 32.2. The van der Waals surface area contributed by atoms with Crippen molar-refractivity contribution in [3.63, 3.8) is 0 Å². The van der Waals surface area contributed by atoms with Crippen LogP contribution in [0.25, 0.3) is 0 Å². The summed E-state index contributed by atoms with van der Waals surface area (Å²) in [5.74, 6) is -1.07. The van der Waals surface area contributed by atoms with Crippen molar-refractivity contribution in [2.45, 2.75) is 31.7 Å². The Morgan fingerprint density at radius 2 is 1.75 bits per heavy atom. The van der Waals surface area contributed by atoms with Crippen LogP contribution in [0.5, 0.6) is 0 Å². The van der Waals surface area contributed by atoms with Crippen LogP contribution in [0.1, 0.15) is 42.1 Å². The van der Waals surface area contributed by atoms with Gasteiger partial charge in [0.25, 0.3) is 5.91 Å². The molecule has 8 heteroatoms. The number of amides is 1. The van der Waals surface area contributed by atoms with Gasteiger partial charge in [0.1, 0.15) is 0 Å². The molecule has 0 spiro atoms. The fourth-order valence-corrected chi connectivity index (χ4v) is 1.92.